The van der Waals surface area contributed by atoms with Crippen LogP contribution in [0.4, 0.5) is 0 Å². The Hall–Kier alpha value is -0.610. The van der Waals surface area contributed by atoms with Gasteiger partial charge in [-0.3, -0.25) is 4.79 Å². The van der Waals surface area contributed by atoms with Crippen molar-refractivity contribution in [3.05, 3.63) is 0 Å². The van der Waals surface area contributed by atoms with E-state index in [1.807, 2.05) is 0 Å². The summed E-state index contributed by atoms with van der Waals surface area (Å²) < 4.78 is 0. The summed E-state index contributed by atoms with van der Waals surface area (Å²) in [6.07, 6.45) is 8.35. The van der Waals surface area contributed by atoms with E-state index in [1.165, 1.54) is 32.1 Å². The first-order valence-corrected chi connectivity index (χ1v) is 6.85. The van der Waals surface area contributed by atoms with Crippen molar-refractivity contribution < 1.29 is 9.90 Å². The van der Waals surface area contributed by atoms with E-state index in [4.69, 9.17) is 10.8 Å². The third kappa shape index (κ3) is 4.64. The van der Waals surface area contributed by atoms with Gasteiger partial charge in [0.2, 0.25) is 5.91 Å². The molecule has 17 heavy (non-hydrogen) atoms. The Morgan fingerprint density at radius 2 is 2.06 bits per heavy atom. The van der Waals surface area contributed by atoms with Gasteiger partial charge < -0.3 is 16.2 Å². The number of rotatable bonds is 6. The first-order valence-electron chi connectivity index (χ1n) is 6.85. The molecule has 0 aromatic heterocycles. The number of hydrogen-bond donors (Lipinski definition) is 3. The molecule has 0 aromatic rings. The van der Waals surface area contributed by atoms with Crippen LogP contribution in [0.15, 0.2) is 0 Å². The minimum Gasteiger partial charge on any atom is -0.394 e. The zero-order chi connectivity index (χ0) is 12.7. The largest absolute Gasteiger partial charge is 0.394 e. The van der Waals surface area contributed by atoms with Gasteiger partial charge >= 0.3 is 0 Å². The fraction of sp³-hybridized carbons (Fsp3) is 0.923. The summed E-state index contributed by atoms with van der Waals surface area (Å²) in [5, 5.41) is 11.9. The molecule has 1 fully saturated rings. The molecule has 4 N–H and O–H groups in total. The molecule has 4 heteroatoms. The minimum atomic E-state index is -0.780. The lowest BCUT2D eigenvalue weighted by Crippen LogP contribution is -2.49. The molecule has 0 heterocycles. The average molecular weight is 242 g/mol. The second-order valence-corrected chi connectivity index (χ2v) is 5.09. The van der Waals surface area contributed by atoms with Crippen molar-refractivity contribution in [3.63, 3.8) is 0 Å². The zero-order valence-electron chi connectivity index (χ0n) is 10.8. The smallest absolute Gasteiger partial charge is 0.239 e. The molecule has 1 saturated carbocycles. The van der Waals surface area contributed by atoms with Gasteiger partial charge in [0.1, 0.15) is 6.04 Å². The highest BCUT2D eigenvalue weighted by molar-refractivity contribution is 5.81. The normalized spacial score (nSPS) is 20.9. The molecule has 1 rings (SSSR count). The van der Waals surface area contributed by atoms with Crippen molar-refractivity contribution in [3.8, 4) is 0 Å². The van der Waals surface area contributed by atoms with E-state index in [1.54, 1.807) is 0 Å². The summed E-state index contributed by atoms with van der Waals surface area (Å²) in [6.45, 7) is 1.85. The summed E-state index contributed by atoms with van der Waals surface area (Å²) in [5.74, 6) is 0.384. The Balaban J connectivity index is 2.49. The maximum absolute atomic E-state index is 11.7. The third-order valence-electron chi connectivity index (χ3n) is 3.68. The first kappa shape index (κ1) is 14.5. The van der Waals surface area contributed by atoms with Gasteiger partial charge in [0.15, 0.2) is 0 Å². The monoisotopic (exact) mass is 242 g/mol. The van der Waals surface area contributed by atoms with E-state index in [0.29, 0.717) is 5.92 Å². The molecule has 0 aliphatic heterocycles. The van der Waals surface area contributed by atoms with Crippen LogP contribution >= 0.6 is 0 Å². The van der Waals surface area contributed by atoms with Crippen LogP contribution in [0, 0.1) is 5.92 Å². The topological polar surface area (TPSA) is 75.4 Å². The quantitative estimate of drug-likeness (QED) is 0.654. The maximum Gasteiger partial charge on any atom is 0.239 e. The summed E-state index contributed by atoms with van der Waals surface area (Å²) >= 11 is 0. The third-order valence-corrected chi connectivity index (χ3v) is 3.68. The molecular formula is C13H26N2O2. The van der Waals surface area contributed by atoms with Crippen LogP contribution < -0.4 is 11.1 Å². The molecular weight excluding hydrogens is 216 g/mol. The standard InChI is InChI=1S/C13H26N2O2/c1-2-6-12(10-7-4-3-5-8-10)15-13(17)11(14)9-16/h10-12,16H,2-9,14H2,1H3,(H,15,17)/t11-,12?/m0/s1. The van der Waals surface area contributed by atoms with Crippen molar-refractivity contribution in [1.29, 1.82) is 0 Å². The summed E-state index contributed by atoms with van der Waals surface area (Å²) in [7, 11) is 0. The van der Waals surface area contributed by atoms with E-state index in [-0.39, 0.29) is 18.6 Å². The lowest BCUT2D eigenvalue weighted by Gasteiger charge is -2.31. The van der Waals surface area contributed by atoms with Gasteiger partial charge in [-0.25, -0.2) is 0 Å². The summed E-state index contributed by atoms with van der Waals surface area (Å²) in [4.78, 5) is 11.7. The maximum atomic E-state index is 11.7. The van der Waals surface area contributed by atoms with Crippen LogP contribution in [0.25, 0.3) is 0 Å². The van der Waals surface area contributed by atoms with Gasteiger partial charge in [0.05, 0.1) is 6.61 Å². The average Bonchev–Trinajstić information content (AvgIpc) is 2.38. The van der Waals surface area contributed by atoms with Gasteiger partial charge in [0, 0.05) is 6.04 Å². The van der Waals surface area contributed by atoms with E-state index in [0.717, 1.165) is 12.8 Å². The second kappa shape index (κ2) is 7.67. The Bertz CT molecular complexity index is 227. The Kier molecular flexibility index (Phi) is 6.52. The predicted octanol–water partition coefficient (Wildman–Crippen LogP) is 1.17. The van der Waals surface area contributed by atoms with Gasteiger partial charge in [-0.05, 0) is 25.2 Å². The number of carbonyl (C=O) groups is 1. The Morgan fingerprint density at radius 1 is 1.41 bits per heavy atom. The highest BCUT2D eigenvalue weighted by Gasteiger charge is 2.25. The highest BCUT2D eigenvalue weighted by atomic mass is 16.3. The van der Waals surface area contributed by atoms with Crippen LogP contribution in [-0.2, 0) is 4.79 Å². The summed E-state index contributed by atoms with van der Waals surface area (Å²) in [5.41, 5.74) is 5.53. The molecule has 2 atom stereocenters. The van der Waals surface area contributed by atoms with Gasteiger partial charge in [-0.15, -0.1) is 0 Å². The SMILES string of the molecule is CCCC(NC(=O)[C@@H](N)CO)C1CCCCC1. The number of aliphatic hydroxyl groups excluding tert-OH is 1. The molecule has 1 aliphatic rings. The molecule has 1 unspecified atom stereocenters. The molecule has 0 radical (unpaired) electrons. The molecule has 0 bridgehead atoms. The number of nitrogens with two attached hydrogens (primary N) is 1. The van der Waals surface area contributed by atoms with Crippen molar-refractivity contribution in [2.75, 3.05) is 6.61 Å². The molecule has 0 aromatic carbocycles. The molecule has 0 spiro atoms. The Morgan fingerprint density at radius 3 is 2.59 bits per heavy atom. The molecule has 1 amide bonds. The Labute approximate surface area is 104 Å². The van der Waals surface area contributed by atoms with Gasteiger partial charge in [-0.1, -0.05) is 32.6 Å². The molecule has 0 saturated heterocycles. The van der Waals surface area contributed by atoms with E-state index < -0.39 is 6.04 Å². The van der Waals surface area contributed by atoms with Crippen molar-refractivity contribution in [1.82, 2.24) is 5.32 Å². The highest BCUT2D eigenvalue weighted by Crippen LogP contribution is 2.28. The van der Waals surface area contributed by atoms with Crippen molar-refractivity contribution in [2.45, 2.75) is 64.0 Å². The predicted molar refractivity (Wildman–Crippen MR) is 68.5 cm³/mol. The van der Waals surface area contributed by atoms with Crippen LogP contribution in [0.1, 0.15) is 51.9 Å². The number of aliphatic hydroxyl groups is 1. The van der Waals surface area contributed by atoms with E-state index >= 15 is 0 Å². The zero-order valence-corrected chi connectivity index (χ0v) is 10.8. The lowest BCUT2D eigenvalue weighted by atomic mass is 9.82. The second-order valence-electron chi connectivity index (χ2n) is 5.09. The van der Waals surface area contributed by atoms with Crippen LogP contribution in [0.5, 0.6) is 0 Å². The number of carbonyl (C=O) groups excluding carboxylic acids is 1. The number of hydrogen-bond acceptors (Lipinski definition) is 3. The molecule has 4 nitrogen and oxygen atoms in total. The fourth-order valence-electron chi connectivity index (χ4n) is 2.65. The van der Waals surface area contributed by atoms with E-state index in [9.17, 15) is 4.79 Å². The van der Waals surface area contributed by atoms with Crippen LogP contribution in [0.3, 0.4) is 0 Å². The number of nitrogens with one attached hydrogen (secondary N) is 1. The number of amides is 1. The van der Waals surface area contributed by atoms with Crippen LogP contribution in [-0.4, -0.2) is 29.7 Å². The van der Waals surface area contributed by atoms with E-state index in [2.05, 4.69) is 12.2 Å². The first-order chi connectivity index (χ1) is 8.19. The molecule has 1 aliphatic carbocycles. The van der Waals surface area contributed by atoms with Gasteiger partial charge in [-0.2, -0.15) is 0 Å². The fourth-order valence-corrected chi connectivity index (χ4v) is 2.65. The van der Waals surface area contributed by atoms with Crippen molar-refractivity contribution in [2.24, 2.45) is 11.7 Å². The van der Waals surface area contributed by atoms with Gasteiger partial charge in [0.25, 0.3) is 0 Å². The molecule has 100 valence electrons. The lowest BCUT2D eigenvalue weighted by molar-refractivity contribution is -0.124. The van der Waals surface area contributed by atoms with Crippen molar-refractivity contribution >= 4 is 5.91 Å². The minimum absolute atomic E-state index is 0.212. The summed E-state index contributed by atoms with van der Waals surface area (Å²) in [6, 6.07) is -0.539. The van der Waals surface area contributed by atoms with Crippen LogP contribution in [0.2, 0.25) is 0 Å².